The van der Waals surface area contributed by atoms with Gasteiger partial charge in [0.05, 0.1) is 18.7 Å². The summed E-state index contributed by atoms with van der Waals surface area (Å²) in [4.78, 5) is 23.2. The number of nitrogens with zero attached hydrogens (tertiary/aromatic N) is 2. The first-order valence-electron chi connectivity index (χ1n) is 6.74. The van der Waals surface area contributed by atoms with Gasteiger partial charge in [0.15, 0.2) is 0 Å². The second kappa shape index (κ2) is 7.23. The Balaban J connectivity index is 1.94. The molecule has 0 unspecified atom stereocenters. The average Bonchev–Trinajstić information content (AvgIpc) is 3.02. The minimum absolute atomic E-state index is 0.165. The highest BCUT2D eigenvalue weighted by molar-refractivity contribution is 5.94. The van der Waals surface area contributed by atoms with Gasteiger partial charge in [-0.05, 0) is 31.2 Å². The molecular formula is C15H17N3O3. The molecule has 0 aliphatic rings. The molecule has 0 aliphatic heterocycles. The molecule has 1 aromatic carbocycles. The Labute approximate surface area is 122 Å². The third-order valence-corrected chi connectivity index (χ3v) is 2.80. The van der Waals surface area contributed by atoms with Gasteiger partial charge in [0.1, 0.15) is 0 Å². The zero-order valence-electron chi connectivity index (χ0n) is 11.8. The van der Waals surface area contributed by atoms with Gasteiger partial charge in [-0.15, -0.1) is 0 Å². The second-order valence-electron chi connectivity index (χ2n) is 4.31. The average molecular weight is 287 g/mol. The first-order chi connectivity index (χ1) is 10.2. The Morgan fingerprint density at radius 2 is 2.19 bits per heavy atom. The molecule has 1 N–H and O–H groups in total. The second-order valence-corrected chi connectivity index (χ2v) is 4.31. The maximum Gasteiger partial charge on any atom is 0.307 e. The fourth-order valence-electron chi connectivity index (χ4n) is 1.82. The molecule has 1 amide bonds. The first-order valence-corrected chi connectivity index (χ1v) is 6.74. The van der Waals surface area contributed by atoms with Crippen molar-refractivity contribution in [1.29, 1.82) is 0 Å². The van der Waals surface area contributed by atoms with Gasteiger partial charge < -0.3 is 10.1 Å². The zero-order valence-corrected chi connectivity index (χ0v) is 11.8. The van der Waals surface area contributed by atoms with Gasteiger partial charge in [-0.1, -0.05) is 6.07 Å². The van der Waals surface area contributed by atoms with Gasteiger partial charge in [0.2, 0.25) is 0 Å². The molecule has 0 aliphatic carbocycles. The summed E-state index contributed by atoms with van der Waals surface area (Å²) in [5.74, 6) is -0.545. The minimum Gasteiger partial charge on any atom is -0.466 e. The fraction of sp³-hybridized carbons (Fsp3) is 0.267. The number of carbonyl (C=O) groups is 2. The molecule has 2 rings (SSSR count). The standard InChI is InChI=1S/C15H17N3O3/c1-2-21-14(19)7-9-16-15(20)12-5-3-6-13(11-12)18-10-4-8-17-18/h3-6,8,10-11H,2,7,9H2,1H3,(H,16,20). The molecule has 0 fully saturated rings. The van der Waals surface area contributed by atoms with Crippen LogP contribution < -0.4 is 5.32 Å². The maximum absolute atomic E-state index is 12.0. The number of aromatic nitrogens is 2. The number of hydrogen-bond acceptors (Lipinski definition) is 4. The van der Waals surface area contributed by atoms with E-state index in [1.54, 1.807) is 42.2 Å². The number of nitrogens with one attached hydrogen (secondary N) is 1. The SMILES string of the molecule is CCOC(=O)CCNC(=O)c1cccc(-n2cccn2)c1. The molecule has 6 heteroatoms. The number of esters is 1. The van der Waals surface area contributed by atoms with Gasteiger partial charge in [-0.3, -0.25) is 9.59 Å². The normalized spacial score (nSPS) is 10.1. The molecule has 21 heavy (non-hydrogen) atoms. The van der Waals surface area contributed by atoms with Crippen molar-refractivity contribution >= 4 is 11.9 Å². The summed E-state index contributed by atoms with van der Waals surface area (Å²) < 4.78 is 6.47. The van der Waals surface area contributed by atoms with Crippen LogP contribution in [0.1, 0.15) is 23.7 Å². The van der Waals surface area contributed by atoms with E-state index in [9.17, 15) is 9.59 Å². The Kier molecular flexibility index (Phi) is 5.09. The third-order valence-electron chi connectivity index (χ3n) is 2.80. The van der Waals surface area contributed by atoms with E-state index in [0.717, 1.165) is 5.69 Å². The van der Waals surface area contributed by atoms with E-state index in [1.807, 2.05) is 12.1 Å². The van der Waals surface area contributed by atoms with Gasteiger partial charge >= 0.3 is 5.97 Å². The molecule has 0 radical (unpaired) electrons. The Hall–Kier alpha value is -2.63. The summed E-state index contributed by atoms with van der Waals surface area (Å²) in [5, 5.41) is 6.81. The van der Waals surface area contributed by atoms with Crippen molar-refractivity contribution < 1.29 is 14.3 Å². The highest BCUT2D eigenvalue weighted by Crippen LogP contribution is 2.09. The molecule has 0 saturated carbocycles. The largest absolute Gasteiger partial charge is 0.466 e. The van der Waals surface area contributed by atoms with Crippen molar-refractivity contribution in [2.75, 3.05) is 13.2 Å². The van der Waals surface area contributed by atoms with Crippen LogP contribution in [0.5, 0.6) is 0 Å². The molecule has 1 aromatic heterocycles. The molecule has 0 bridgehead atoms. The molecule has 2 aromatic rings. The molecule has 6 nitrogen and oxygen atoms in total. The third kappa shape index (κ3) is 4.17. The zero-order chi connectivity index (χ0) is 15.1. The topological polar surface area (TPSA) is 73.2 Å². The van der Waals surface area contributed by atoms with Crippen LogP contribution in [-0.4, -0.2) is 34.8 Å². The van der Waals surface area contributed by atoms with Gasteiger partial charge in [0, 0.05) is 24.5 Å². The quantitative estimate of drug-likeness (QED) is 0.818. The Morgan fingerprint density at radius 1 is 1.33 bits per heavy atom. The smallest absolute Gasteiger partial charge is 0.307 e. The lowest BCUT2D eigenvalue weighted by Crippen LogP contribution is -2.26. The summed E-state index contributed by atoms with van der Waals surface area (Å²) in [7, 11) is 0. The van der Waals surface area contributed by atoms with Crippen LogP contribution >= 0.6 is 0 Å². The highest BCUT2D eigenvalue weighted by atomic mass is 16.5. The summed E-state index contributed by atoms with van der Waals surface area (Å²) in [6.07, 6.45) is 3.64. The van der Waals surface area contributed by atoms with Crippen molar-refractivity contribution in [1.82, 2.24) is 15.1 Å². The number of benzene rings is 1. The van der Waals surface area contributed by atoms with E-state index < -0.39 is 0 Å². The molecule has 110 valence electrons. The van der Waals surface area contributed by atoms with Crippen molar-refractivity contribution in [2.24, 2.45) is 0 Å². The van der Waals surface area contributed by atoms with Crippen LogP contribution in [0.2, 0.25) is 0 Å². The Bertz CT molecular complexity index is 608. The summed E-state index contributed by atoms with van der Waals surface area (Å²) in [5.41, 5.74) is 1.32. The molecule has 0 atom stereocenters. The van der Waals surface area contributed by atoms with Gasteiger partial charge in [0.25, 0.3) is 5.91 Å². The summed E-state index contributed by atoms with van der Waals surface area (Å²) in [6.45, 7) is 2.35. The monoisotopic (exact) mass is 287 g/mol. The number of rotatable bonds is 6. The van der Waals surface area contributed by atoms with Crippen LogP contribution in [0.15, 0.2) is 42.7 Å². The lowest BCUT2D eigenvalue weighted by molar-refractivity contribution is -0.142. The highest BCUT2D eigenvalue weighted by Gasteiger charge is 2.08. The van der Waals surface area contributed by atoms with Crippen LogP contribution in [0.25, 0.3) is 5.69 Å². The summed E-state index contributed by atoms with van der Waals surface area (Å²) >= 11 is 0. The molecular weight excluding hydrogens is 270 g/mol. The molecule has 1 heterocycles. The van der Waals surface area contributed by atoms with E-state index in [0.29, 0.717) is 12.2 Å². The van der Waals surface area contributed by atoms with Crippen LogP contribution in [0.4, 0.5) is 0 Å². The van der Waals surface area contributed by atoms with Crippen LogP contribution in [0.3, 0.4) is 0 Å². The van der Waals surface area contributed by atoms with Gasteiger partial charge in [-0.2, -0.15) is 5.10 Å². The Morgan fingerprint density at radius 3 is 2.90 bits per heavy atom. The lowest BCUT2D eigenvalue weighted by atomic mass is 10.2. The number of carbonyl (C=O) groups excluding carboxylic acids is 2. The number of ether oxygens (including phenoxy) is 1. The molecule has 0 saturated heterocycles. The minimum atomic E-state index is -0.317. The van der Waals surface area contributed by atoms with E-state index in [-0.39, 0.29) is 24.8 Å². The van der Waals surface area contributed by atoms with Crippen LogP contribution in [-0.2, 0) is 9.53 Å². The number of amides is 1. The van der Waals surface area contributed by atoms with Crippen molar-refractivity contribution in [3.05, 3.63) is 48.3 Å². The maximum atomic E-state index is 12.0. The van der Waals surface area contributed by atoms with Crippen molar-refractivity contribution in [3.8, 4) is 5.69 Å². The fourth-order valence-corrected chi connectivity index (χ4v) is 1.82. The van der Waals surface area contributed by atoms with Crippen LogP contribution in [0, 0.1) is 0 Å². The number of hydrogen-bond donors (Lipinski definition) is 1. The predicted octanol–water partition coefficient (Wildman–Crippen LogP) is 1.56. The molecule has 0 spiro atoms. The summed E-state index contributed by atoms with van der Waals surface area (Å²) in [6, 6.07) is 8.92. The predicted molar refractivity (Wildman–Crippen MR) is 77.1 cm³/mol. The van der Waals surface area contributed by atoms with Gasteiger partial charge in [-0.25, -0.2) is 4.68 Å². The van der Waals surface area contributed by atoms with Crippen molar-refractivity contribution in [3.63, 3.8) is 0 Å². The van der Waals surface area contributed by atoms with Crippen molar-refractivity contribution in [2.45, 2.75) is 13.3 Å². The van der Waals surface area contributed by atoms with E-state index in [1.165, 1.54) is 0 Å². The van der Waals surface area contributed by atoms with E-state index in [2.05, 4.69) is 10.4 Å². The van der Waals surface area contributed by atoms with E-state index >= 15 is 0 Å². The van der Waals surface area contributed by atoms with E-state index in [4.69, 9.17) is 4.74 Å². The first kappa shape index (κ1) is 14.8. The lowest BCUT2D eigenvalue weighted by Gasteiger charge is -2.07.